The Morgan fingerprint density at radius 3 is 2.58 bits per heavy atom. The zero-order valence-electron chi connectivity index (χ0n) is 11.3. The van der Waals surface area contributed by atoms with Crippen LogP contribution in [0.5, 0.6) is 0 Å². The maximum atomic E-state index is 11.9. The number of carbonyl (C=O) groups excluding carboxylic acids is 1. The summed E-state index contributed by atoms with van der Waals surface area (Å²) in [4.78, 5) is 13.3. The van der Waals surface area contributed by atoms with E-state index < -0.39 is 18.8 Å². The van der Waals surface area contributed by atoms with Crippen molar-refractivity contribution in [2.24, 2.45) is 5.92 Å². The predicted molar refractivity (Wildman–Crippen MR) is 64.8 cm³/mol. The Kier molecular flexibility index (Phi) is 5.90. The molecule has 19 heavy (non-hydrogen) atoms. The first-order chi connectivity index (χ1) is 8.78. The van der Waals surface area contributed by atoms with E-state index in [1.165, 1.54) is 6.42 Å². The van der Waals surface area contributed by atoms with Gasteiger partial charge in [-0.1, -0.05) is 6.42 Å². The molecule has 0 bridgehead atoms. The second kappa shape index (κ2) is 6.98. The Morgan fingerprint density at radius 1 is 1.47 bits per heavy atom. The number of ether oxygens (including phenoxy) is 1. The first-order valence-corrected chi connectivity index (χ1v) is 6.44. The van der Waals surface area contributed by atoms with Gasteiger partial charge in [0.1, 0.15) is 6.61 Å². The summed E-state index contributed by atoms with van der Waals surface area (Å²) < 4.78 is 40.1. The van der Waals surface area contributed by atoms with E-state index in [1.807, 2.05) is 0 Å². The number of urea groups is 1. The predicted octanol–water partition coefficient (Wildman–Crippen LogP) is 2.40. The van der Waals surface area contributed by atoms with Gasteiger partial charge in [0, 0.05) is 13.6 Å². The lowest BCUT2D eigenvalue weighted by Crippen LogP contribution is -2.46. The second-order valence-electron chi connectivity index (χ2n) is 5.16. The van der Waals surface area contributed by atoms with Gasteiger partial charge >= 0.3 is 12.2 Å². The van der Waals surface area contributed by atoms with Crippen molar-refractivity contribution in [2.75, 3.05) is 26.8 Å². The lowest BCUT2D eigenvalue weighted by molar-refractivity contribution is -0.174. The molecule has 0 aliphatic heterocycles. The zero-order valence-corrected chi connectivity index (χ0v) is 11.3. The normalized spacial score (nSPS) is 17.7. The fraction of sp³-hybridized carbons (Fsp3) is 0.917. The Labute approximate surface area is 111 Å². The standard InChI is InChI=1S/C12H21F3N2O2/c1-9(7-19-8-12(13,14)15)16-11(18)17(2)6-10-4-3-5-10/h9-10H,3-8H2,1-2H3,(H,16,18)/t9-/m0/s1. The van der Waals surface area contributed by atoms with E-state index in [1.54, 1.807) is 18.9 Å². The third-order valence-electron chi connectivity index (χ3n) is 3.11. The number of rotatable bonds is 6. The summed E-state index contributed by atoms with van der Waals surface area (Å²) in [6, 6.07) is -0.714. The van der Waals surface area contributed by atoms with E-state index >= 15 is 0 Å². The van der Waals surface area contributed by atoms with Gasteiger partial charge in [0.2, 0.25) is 0 Å². The minimum Gasteiger partial charge on any atom is -0.370 e. The van der Waals surface area contributed by atoms with Crippen molar-refractivity contribution in [3.8, 4) is 0 Å². The smallest absolute Gasteiger partial charge is 0.370 e. The molecule has 1 N–H and O–H groups in total. The van der Waals surface area contributed by atoms with E-state index in [2.05, 4.69) is 10.1 Å². The van der Waals surface area contributed by atoms with Gasteiger partial charge in [-0.05, 0) is 25.7 Å². The summed E-state index contributed by atoms with van der Waals surface area (Å²) in [7, 11) is 1.69. The number of hydrogen-bond donors (Lipinski definition) is 1. The maximum Gasteiger partial charge on any atom is 0.411 e. The van der Waals surface area contributed by atoms with Crippen LogP contribution in [0.1, 0.15) is 26.2 Å². The van der Waals surface area contributed by atoms with Crippen molar-refractivity contribution >= 4 is 6.03 Å². The van der Waals surface area contributed by atoms with Crippen LogP contribution in [0.25, 0.3) is 0 Å². The SMILES string of the molecule is C[C@@H](COCC(F)(F)F)NC(=O)N(C)CC1CCC1. The topological polar surface area (TPSA) is 41.6 Å². The van der Waals surface area contributed by atoms with Crippen molar-refractivity contribution in [3.05, 3.63) is 0 Å². The van der Waals surface area contributed by atoms with Crippen LogP contribution in [-0.4, -0.2) is 50.0 Å². The highest BCUT2D eigenvalue weighted by Gasteiger charge is 2.28. The van der Waals surface area contributed by atoms with E-state index in [0.29, 0.717) is 12.5 Å². The second-order valence-corrected chi connectivity index (χ2v) is 5.16. The molecule has 1 aliphatic rings. The molecule has 0 unspecified atom stereocenters. The minimum absolute atomic E-state index is 0.150. The monoisotopic (exact) mass is 282 g/mol. The van der Waals surface area contributed by atoms with Crippen LogP contribution in [0.4, 0.5) is 18.0 Å². The van der Waals surface area contributed by atoms with E-state index in [4.69, 9.17) is 0 Å². The third kappa shape index (κ3) is 6.66. The van der Waals surface area contributed by atoms with Gasteiger partial charge in [0.15, 0.2) is 0 Å². The first-order valence-electron chi connectivity index (χ1n) is 6.44. The van der Waals surface area contributed by atoms with E-state index in [9.17, 15) is 18.0 Å². The van der Waals surface area contributed by atoms with Crippen LogP contribution in [0, 0.1) is 5.92 Å². The Balaban J connectivity index is 2.15. The van der Waals surface area contributed by atoms with Gasteiger partial charge in [-0.15, -0.1) is 0 Å². The molecule has 112 valence electrons. The van der Waals surface area contributed by atoms with Crippen LogP contribution >= 0.6 is 0 Å². The summed E-state index contributed by atoms with van der Waals surface area (Å²) >= 11 is 0. The molecule has 0 spiro atoms. The Hall–Kier alpha value is -0.980. The van der Waals surface area contributed by atoms with Crippen molar-refractivity contribution in [1.29, 1.82) is 0 Å². The molecule has 1 saturated carbocycles. The number of carbonyl (C=O) groups is 1. The van der Waals surface area contributed by atoms with Crippen LogP contribution in [0.2, 0.25) is 0 Å². The molecule has 0 heterocycles. The summed E-state index contributed by atoms with van der Waals surface area (Å²) in [5, 5.41) is 2.61. The van der Waals surface area contributed by atoms with Crippen molar-refractivity contribution in [2.45, 2.75) is 38.4 Å². The molecule has 1 atom stereocenters. The highest BCUT2D eigenvalue weighted by molar-refractivity contribution is 5.74. The Bertz CT molecular complexity index is 293. The molecule has 0 saturated heterocycles. The lowest BCUT2D eigenvalue weighted by atomic mass is 9.85. The molecule has 1 aliphatic carbocycles. The molecule has 0 radical (unpaired) electrons. The molecule has 4 nitrogen and oxygen atoms in total. The number of halogens is 3. The number of amides is 2. The van der Waals surface area contributed by atoms with Gasteiger partial charge in [0.05, 0.1) is 12.6 Å². The summed E-state index contributed by atoms with van der Waals surface area (Å²) in [5.41, 5.74) is 0. The van der Waals surface area contributed by atoms with Crippen LogP contribution < -0.4 is 5.32 Å². The maximum absolute atomic E-state index is 11.9. The zero-order chi connectivity index (χ0) is 14.5. The van der Waals surface area contributed by atoms with Gasteiger partial charge in [-0.2, -0.15) is 13.2 Å². The first kappa shape index (κ1) is 16.1. The summed E-state index contributed by atoms with van der Waals surface area (Å²) in [6.07, 6.45) is -0.837. The van der Waals surface area contributed by atoms with Gasteiger partial charge in [-0.25, -0.2) is 4.79 Å². The number of nitrogens with one attached hydrogen (secondary N) is 1. The van der Waals surface area contributed by atoms with E-state index in [0.717, 1.165) is 12.8 Å². The summed E-state index contributed by atoms with van der Waals surface area (Å²) in [6.45, 7) is 0.876. The third-order valence-corrected chi connectivity index (χ3v) is 3.11. The number of nitrogens with zero attached hydrogens (tertiary/aromatic N) is 1. The van der Waals surface area contributed by atoms with Gasteiger partial charge in [0.25, 0.3) is 0 Å². The molecule has 1 rings (SSSR count). The average molecular weight is 282 g/mol. The summed E-state index contributed by atoms with van der Waals surface area (Å²) in [5.74, 6) is 0.563. The van der Waals surface area contributed by atoms with Crippen molar-refractivity contribution in [1.82, 2.24) is 10.2 Å². The average Bonchev–Trinajstić information content (AvgIpc) is 2.20. The lowest BCUT2D eigenvalue weighted by Gasteiger charge is -2.30. The fourth-order valence-electron chi connectivity index (χ4n) is 1.86. The van der Waals surface area contributed by atoms with Gasteiger partial charge in [-0.3, -0.25) is 0 Å². The molecular weight excluding hydrogens is 261 g/mol. The highest BCUT2D eigenvalue weighted by atomic mass is 19.4. The highest BCUT2D eigenvalue weighted by Crippen LogP contribution is 2.26. The molecule has 0 aromatic carbocycles. The number of alkyl halides is 3. The minimum atomic E-state index is -4.33. The van der Waals surface area contributed by atoms with E-state index in [-0.39, 0.29) is 12.6 Å². The van der Waals surface area contributed by atoms with Gasteiger partial charge < -0.3 is 15.0 Å². The quantitative estimate of drug-likeness (QED) is 0.812. The molecular formula is C12H21F3N2O2. The van der Waals surface area contributed by atoms with Crippen molar-refractivity contribution < 1.29 is 22.7 Å². The largest absolute Gasteiger partial charge is 0.411 e. The van der Waals surface area contributed by atoms with Crippen LogP contribution in [0.15, 0.2) is 0 Å². The van der Waals surface area contributed by atoms with Crippen LogP contribution in [0.3, 0.4) is 0 Å². The molecule has 0 aromatic rings. The molecule has 7 heteroatoms. The fourth-order valence-corrected chi connectivity index (χ4v) is 1.86. The molecule has 1 fully saturated rings. The van der Waals surface area contributed by atoms with Crippen molar-refractivity contribution in [3.63, 3.8) is 0 Å². The molecule has 0 aromatic heterocycles. The Morgan fingerprint density at radius 2 is 2.11 bits per heavy atom. The van der Waals surface area contributed by atoms with Crippen LogP contribution in [-0.2, 0) is 4.74 Å². The molecule has 2 amide bonds. The number of hydrogen-bond acceptors (Lipinski definition) is 2.